The fourth-order valence-electron chi connectivity index (χ4n) is 1.36. The number of benzene rings is 1. The van der Waals surface area contributed by atoms with Gasteiger partial charge in [-0.1, -0.05) is 12.1 Å². The summed E-state index contributed by atoms with van der Waals surface area (Å²) < 4.78 is 23.3. The molecule has 0 radical (unpaired) electrons. The summed E-state index contributed by atoms with van der Waals surface area (Å²) in [7, 11) is 1.41. The number of carbonyl (C=O) groups is 1. The van der Waals surface area contributed by atoms with Gasteiger partial charge in [-0.25, -0.2) is 4.39 Å². The van der Waals surface area contributed by atoms with Gasteiger partial charge in [0.1, 0.15) is 0 Å². The van der Waals surface area contributed by atoms with Crippen molar-refractivity contribution in [2.75, 3.05) is 20.3 Å². The second-order valence-electron chi connectivity index (χ2n) is 3.34. The minimum Gasteiger partial charge on any atom is -0.494 e. The molecule has 0 bridgehead atoms. The predicted octanol–water partition coefficient (Wildman–Crippen LogP) is 1.49. The van der Waals surface area contributed by atoms with E-state index in [2.05, 4.69) is 5.32 Å². The van der Waals surface area contributed by atoms with Crippen molar-refractivity contribution in [1.82, 2.24) is 5.32 Å². The van der Waals surface area contributed by atoms with Gasteiger partial charge in [-0.2, -0.15) is 0 Å². The van der Waals surface area contributed by atoms with E-state index in [4.69, 9.17) is 9.47 Å². The van der Waals surface area contributed by atoms with Gasteiger partial charge in [-0.05, 0) is 13.0 Å². The molecule has 0 amide bonds. The smallest absolute Gasteiger partial charge is 0.319 e. The maximum atomic E-state index is 13.7. The van der Waals surface area contributed by atoms with E-state index in [0.29, 0.717) is 12.2 Å². The molecule has 5 heteroatoms. The molecule has 0 heterocycles. The van der Waals surface area contributed by atoms with Crippen molar-refractivity contribution in [2.45, 2.75) is 13.5 Å². The SMILES string of the molecule is CCOC(=O)CNCc1cccc(OC)c1F. The normalized spacial score (nSPS) is 10.1. The lowest BCUT2D eigenvalue weighted by Crippen LogP contribution is -2.24. The van der Waals surface area contributed by atoms with Gasteiger partial charge in [-0.3, -0.25) is 4.79 Å². The number of ether oxygens (including phenoxy) is 2. The van der Waals surface area contributed by atoms with E-state index in [9.17, 15) is 9.18 Å². The average molecular weight is 241 g/mol. The minimum absolute atomic E-state index is 0.0600. The van der Waals surface area contributed by atoms with Crippen LogP contribution in [0.25, 0.3) is 0 Å². The Morgan fingerprint density at radius 3 is 2.88 bits per heavy atom. The van der Waals surface area contributed by atoms with Crippen molar-refractivity contribution >= 4 is 5.97 Å². The highest BCUT2D eigenvalue weighted by Gasteiger charge is 2.08. The molecule has 0 aromatic heterocycles. The monoisotopic (exact) mass is 241 g/mol. The molecule has 1 aromatic carbocycles. The standard InChI is InChI=1S/C12H16FNO3/c1-3-17-11(15)8-14-7-9-5-4-6-10(16-2)12(9)13/h4-6,14H,3,7-8H2,1-2H3. The lowest BCUT2D eigenvalue weighted by molar-refractivity contribution is -0.142. The van der Waals surface area contributed by atoms with Gasteiger partial charge in [0, 0.05) is 12.1 Å². The molecule has 0 aliphatic heterocycles. The van der Waals surface area contributed by atoms with Gasteiger partial charge in [0.05, 0.1) is 20.3 Å². The van der Waals surface area contributed by atoms with Crippen LogP contribution in [0.4, 0.5) is 4.39 Å². The zero-order chi connectivity index (χ0) is 12.7. The van der Waals surface area contributed by atoms with Gasteiger partial charge in [0.25, 0.3) is 0 Å². The van der Waals surface area contributed by atoms with Crippen LogP contribution < -0.4 is 10.1 Å². The topological polar surface area (TPSA) is 47.6 Å². The maximum absolute atomic E-state index is 13.7. The number of hydrogen-bond donors (Lipinski definition) is 1. The largest absolute Gasteiger partial charge is 0.494 e. The molecule has 0 unspecified atom stereocenters. The number of carbonyl (C=O) groups excluding carboxylic acids is 1. The van der Waals surface area contributed by atoms with Gasteiger partial charge < -0.3 is 14.8 Å². The molecule has 0 aliphatic carbocycles. The molecule has 0 spiro atoms. The van der Waals surface area contributed by atoms with Crippen LogP contribution in [0.3, 0.4) is 0 Å². The zero-order valence-electron chi connectivity index (χ0n) is 9.96. The van der Waals surface area contributed by atoms with Crippen molar-refractivity contribution in [2.24, 2.45) is 0 Å². The van der Waals surface area contributed by atoms with E-state index in [1.54, 1.807) is 25.1 Å². The lowest BCUT2D eigenvalue weighted by Gasteiger charge is -2.08. The number of nitrogens with one attached hydrogen (secondary N) is 1. The number of esters is 1. The Morgan fingerprint density at radius 1 is 1.47 bits per heavy atom. The van der Waals surface area contributed by atoms with Crippen molar-refractivity contribution in [3.05, 3.63) is 29.6 Å². The first-order valence-electron chi connectivity index (χ1n) is 5.36. The molecule has 1 aromatic rings. The summed E-state index contributed by atoms with van der Waals surface area (Å²) in [6, 6.07) is 4.88. The Kier molecular flexibility index (Phi) is 5.42. The molecule has 0 fully saturated rings. The highest BCUT2D eigenvalue weighted by molar-refractivity contribution is 5.71. The van der Waals surface area contributed by atoms with Crippen molar-refractivity contribution in [1.29, 1.82) is 0 Å². The lowest BCUT2D eigenvalue weighted by atomic mass is 10.2. The second kappa shape index (κ2) is 6.85. The molecular formula is C12H16FNO3. The fraction of sp³-hybridized carbons (Fsp3) is 0.417. The Morgan fingerprint density at radius 2 is 2.24 bits per heavy atom. The van der Waals surface area contributed by atoms with Crippen molar-refractivity contribution in [3.63, 3.8) is 0 Å². The number of rotatable bonds is 6. The second-order valence-corrected chi connectivity index (χ2v) is 3.34. The van der Waals surface area contributed by atoms with Crippen LogP contribution in [0.5, 0.6) is 5.75 Å². The van der Waals surface area contributed by atoms with Crippen LogP contribution in [-0.2, 0) is 16.1 Å². The maximum Gasteiger partial charge on any atom is 0.319 e. The van der Waals surface area contributed by atoms with Crippen LogP contribution in [0.15, 0.2) is 18.2 Å². The highest BCUT2D eigenvalue weighted by atomic mass is 19.1. The first-order valence-corrected chi connectivity index (χ1v) is 5.36. The van der Waals surface area contributed by atoms with Gasteiger partial charge >= 0.3 is 5.97 Å². The third-order valence-corrected chi connectivity index (χ3v) is 2.15. The molecule has 94 valence electrons. The minimum atomic E-state index is -0.411. The van der Waals surface area contributed by atoms with Crippen LogP contribution >= 0.6 is 0 Å². The quantitative estimate of drug-likeness (QED) is 0.766. The average Bonchev–Trinajstić information content (AvgIpc) is 2.32. The number of halogens is 1. The van der Waals surface area contributed by atoms with Gasteiger partial charge in [0.2, 0.25) is 0 Å². The van der Waals surface area contributed by atoms with Crippen LogP contribution in [0, 0.1) is 5.82 Å². The van der Waals surface area contributed by atoms with E-state index < -0.39 is 5.82 Å². The molecule has 1 N–H and O–H groups in total. The van der Waals surface area contributed by atoms with Gasteiger partial charge in [-0.15, -0.1) is 0 Å². The van der Waals surface area contributed by atoms with Gasteiger partial charge in [0.15, 0.2) is 11.6 Å². The highest BCUT2D eigenvalue weighted by Crippen LogP contribution is 2.19. The summed E-state index contributed by atoms with van der Waals surface area (Å²) in [6.45, 7) is 2.39. The summed E-state index contributed by atoms with van der Waals surface area (Å²) in [5.74, 6) is -0.567. The van der Waals surface area contributed by atoms with E-state index in [1.165, 1.54) is 7.11 Å². The van der Waals surface area contributed by atoms with E-state index in [0.717, 1.165) is 0 Å². The molecule has 17 heavy (non-hydrogen) atoms. The molecule has 0 saturated carbocycles. The van der Waals surface area contributed by atoms with Crippen LogP contribution in [0.1, 0.15) is 12.5 Å². The molecule has 1 rings (SSSR count). The first kappa shape index (κ1) is 13.4. The van der Waals surface area contributed by atoms with Crippen molar-refractivity contribution in [3.8, 4) is 5.75 Å². The molecular weight excluding hydrogens is 225 g/mol. The first-order chi connectivity index (χ1) is 8.19. The molecule has 0 saturated heterocycles. The summed E-state index contributed by atoms with van der Waals surface area (Å²) in [6.07, 6.45) is 0. The Bertz CT molecular complexity index is 382. The fourth-order valence-corrected chi connectivity index (χ4v) is 1.36. The molecule has 4 nitrogen and oxygen atoms in total. The van der Waals surface area contributed by atoms with E-state index in [1.807, 2.05) is 0 Å². The molecule has 0 aliphatic rings. The van der Waals surface area contributed by atoms with E-state index in [-0.39, 0.29) is 24.8 Å². The third kappa shape index (κ3) is 4.03. The Labute approximate surface area is 99.7 Å². The zero-order valence-corrected chi connectivity index (χ0v) is 9.96. The van der Waals surface area contributed by atoms with Crippen LogP contribution in [-0.4, -0.2) is 26.2 Å². The third-order valence-electron chi connectivity index (χ3n) is 2.15. The summed E-state index contributed by atoms with van der Waals surface area (Å²) in [4.78, 5) is 11.0. The summed E-state index contributed by atoms with van der Waals surface area (Å²) in [5, 5.41) is 2.81. The summed E-state index contributed by atoms with van der Waals surface area (Å²) >= 11 is 0. The number of hydrogen-bond acceptors (Lipinski definition) is 4. The Balaban J connectivity index is 2.49. The molecule has 0 atom stereocenters. The predicted molar refractivity (Wildman–Crippen MR) is 61.3 cm³/mol. The number of methoxy groups -OCH3 is 1. The van der Waals surface area contributed by atoms with Crippen molar-refractivity contribution < 1.29 is 18.7 Å². The van der Waals surface area contributed by atoms with E-state index >= 15 is 0 Å². The Hall–Kier alpha value is -1.62. The van der Waals surface area contributed by atoms with Crippen LogP contribution in [0.2, 0.25) is 0 Å². The summed E-state index contributed by atoms with van der Waals surface area (Å²) in [5.41, 5.74) is 0.452.